The Bertz CT molecular complexity index is 628. The minimum atomic E-state index is -0.00630. The SMILES string of the molecule is Cn1cnc2ccc(NC3CCNC3)cc2c1=O. The van der Waals surface area contributed by atoms with Crippen LogP contribution in [0, 0.1) is 0 Å². The summed E-state index contributed by atoms with van der Waals surface area (Å²) in [4.78, 5) is 16.2. The summed E-state index contributed by atoms with van der Waals surface area (Å²) in [6.07, 6.45) is 2.67. The van der Waals surface area contributed by atoms with E-state index in [4.69, 9.17) is 0 Å². The van der Waals surface area contributed by atoms with Crippen molar-refractivity contribution in [2.75, 3.05) is 18.4 Å². The number of anilines is 1. The third-order valence-corrected chi connectivity index (χ3v) is 3.35. The zero-order valence-corrected chi connectivity index (χ0v) is 10.3. The van der Waals surface area contributed by atoms with Gasteiger partial charge in [0.1, 0.15) is 0 Å². The Morgan fingerprint density at radius 1 is 1.50 bits per heavy atom. The molecule has 1 aromatic heterocycles. The number of nitrogens with zero attached hydrogens (tertiary/aromatic N) is 2. The van der Waals surface area contributed by atoms with Crippen molar-refractivity contribution in [2.45, 2.75) is 12.5 Å². The summed E-state index contributed by atoms with van der Waals surface area (Å²) in [5.74, 6) is 0. The molecule has 1 aromatic carbocycles. The number of hydrogen-bond donors (Lipinski definition) is 2. The van der Waals surface area contributed by atoms with Crippen LogP contribution in [0.1, 0.15) is 6.42 Å². The summed E-state index contributed by atoms with van der Waals surface area (Å²) in [6.45, 7) is 2.03. The van der Waals surface area contributed by atoms with Crippen LogP contribution in [-0.2, 0) is 7.05 Å². The number of benzene rings is 1. The van der Waals surface area contributed by atoms with Crippen LogP contribution < -0.4 is 16.2 Å². The molecule has 0 aliphatic carbocycles. The summed E-state index contributed by atoms with van der Waals surface area (Å²) in [7, 11) is 1.72. The first-order valence-electron chi connectivity index (χ1n) is 6.17. The molecule has 94 valence electrons. The number of hydrogen-bond acceptors (Lipinski definition) is 4. The van der Waals surface area contributed by atoms with E-state index < -0.39 is 0 Å². The van der Waals surface area contributed by atoms with E-state index >= 15 is 0 Å². The molecule has 3 rings (SSSR count). The Hall–Kier alpha value is -1.88. The molecule has 0 saturated carbocycles. The van der Waals surface area contributed by atoms with Crippen LogP contribution in [-0.4, -0.2) is 28.7 Å². The number of aryl methyl sites for hydroxylation is 1. The minimum Gasteiger partial charge on any atom is -0.381 e. The second-order valence-electron chi connectivity index (χ2n) is 4.73. The summed E-state index contributed by atoms with van der Waals surface area (Å²) in [5.41, 5.74) is 1.72. The third-order valence-electron chi connectivity index (χ3n) is 3.35. The zero-order chi connectivity index (χ0) is 12.5. The average Bonchev–Trinajstić information content (AvgIpc) is 2.87. The van der Waals surface area contributed by atoms with Gasteiger partial charge in [-0.15, -0.1) is 0 Å². The highest BCUT2D eigenvalue weighted by molar-refractivity contribution is 5.81. The van der Waals surface area contributed by atoms with E-state index in [1.54, 1.807) is 13.4 Å². The Kier molecular flexibility index (Phi) is 2.76. The fourth-order valence-corrected chi connectivity index (χ4v) is 2.31. The maximum absolute atomic E-state index is 12.0. The van der Waals surface area contributed by atoms with Crippen LogP contribution in [0.4, 0.5) is 5.69 Å². The van der Waals surface area contributed by atoms with E-state index in [2.05, 4.69) is 15.6 Å². The Balaban J connectivity index is 1.99. The van der Waals surface area contributed by atoms with Crippen LogP contribution in [0.2, 0.25) is 0 Å². The van der Waals surface area contributed by atoms with E-state index in [0.717, 1.165) is 30.7 Å². The fourth-order valence-electron chi connectivity index (χ4n) is 2.31. The monoisotopic (exact) mass is 244 g/mol. The van der Waals surface area contributed by atoms with Crippen LogP contribution >= 0.6 is 0 Å². The predicted octanol–water partition coefficient (Wildman–Crippen LogP) is 0.707. The molecule has 1 fully saturated rings. The van der Waals surface area contributed by atoms with Gasteiger partial charge in [0.15, 0.2) is 0 Å². The largest absolute Gasteiger partial charge is 0.381 e. The van der Waals surface area contributed by atoms with E-state index in [1.165, 1.54) is 4.57 Å². The molecular formula is C13H16N4O. The highest BCUT2D eigenvalue weighted by Crippen LogP contribution is 2.16. The van der Waals surface area contributed by atoms with Gasteiger partial charge in [-0.2, -0.15) is 0 Å². The van der Waals surface area contributed by atoms with Gasteiger partial charge in [-0.3, -0.25) is 4.79 Å². The first kappa shape index (κ1) is 11.2. The van der Waals surface area contributed by atoms with Crippen LogP contribution in [0.5, 0.6) is 0 Å². The molecule has 0 spiro atoms. The Morgan fingerprint density at radius 3 is 3.17 bits per heavy atom. The molecule has 1 aliphatic heterocycles. The molecule has 1 aliphatic rings. The minimum absolute atomic E-state index is 0.00630. The first-order chi connectivity index (χ1) is 8.74. The molecule has 5 heteroatoms. The average molecular weight is 244 g/mol. The van der Waals surface area contributed by atoms with Crippen LogP contribution in [0.3, 0.4) is 0 Å². The topological polar surface area (TPSA) is 59.0 Å². The quantitative estimate of drug-likeness (QED) is 0.816. The second kappa shape index (κ2) is 4.42. The maximum atomic E-state index is 12.0. The van der Waals surface area contributed by atoms with E-state index in [0.29, 0.717) is 11.4 Å². The van der Waals surface area contributed by atoms with E-state index in [-0.39, 0.29) is 5.56 Å². The summed E-state index contributed by atoms with van der Waals surface area (Å²) in [6, 6.07) is 6.21. The van der Waals surface area contributed by atoms with Gasteiger partial charge >= 0.3 is 0 Å². The number of aromatic nitrogens is 2. The van der Waals surface area contributed by atoms with Crippen molar-refractivity contribution >= 4 is 16.6 Å². The molecule has 2 N–H and O–H groups in total. The van der Waals surface area contributed by atoms with Crippen molar-refractivity contribution in [1.29, 1.82) is 0 Å². The Morgan fingerprint density at radius 2 is 2.39 bits per heavy atom. The fraction of sp³-hybridized carbons (Fsp3) is 0.385. The lowest BCUT2D eigenvalue weighted by Crippen LogP contribution is -2.22. The highest BCUT2D eigenvalue weighted by Gasteiger charge is 2.14. The lowest BCUT2D eigenvalue weighted by Gasteiger charge is -2.13. The lowest BCUT2D eigenvalue weighted by molar-refractivity contribution is 0.793. The standard InChI is InChI=1S/C13H16N4O/c1-17-8-15-12-3-2-9(6-11(12)13(17)18)16-10-4-5-14-7-10/h2-3,6,8,10,14,16H,4-5,7H2,1H3. The number of fused-ring (bicyclic) bond motifs is 1. The Labute approximate surface area is 105 Å². The molecule has 0 radical (unpaired) electrons. The molecule has 1 atom stereocenters. The van der Waals surface area contributed by atoms with Gasteiger partial charge in [0.25, 0.3) is 5.56 Å². The van der Waals surface area contributed by atoms with Gasteiger partial charge in [-0.05, 0) is 31.2 Å². The van der Waals surface area contributed by atoms with Gasteiger partial charge in [0.05, 0.1) is 17.2 Å². The van der Waals surface area contributed by atoms with Crippen LogP contribution in [0.25, 0.3) is 10.9 Å². The molecule has 1 unspecified atom stereocenters. The van der Waals surface area contributed by atoms with E-state index in [1.807, 2.05) is 18.2 Å². The predicted molar refractivity (Wildman–Crippen MR) is 71.9 cm³/mol. The third kappa shape index (κ3) is 1.97. The smallest absolute Gasteiger partial charge is 0.260 e. The van der Waals surface area contributed by atoms with Crippen molar-refractivity contribution in [2.24, 2.45) is 7.05 Å². The molecule has 0 bridgehead atoms. The van der Waals surface area contributed by atoms with Gasteiger partial charge in [-0.25, -0.2) is 4.98 Å². The molecule has 0 amide bonds. The lowest BCUT2D eigenvalue weighted by atomic mass is 10.2. The summed E-state index contributed by atoms with van der Waals surface area (Å²) >= 11 is 0. The molecular weight excluding hydrogens is 228 g/mol. The second-order valence-corrected chi connectivity index (χ2v) is 4.73. The van der Waals surface area contributed by atoms with Gasteiger partial charge in [-0.1, -0.05) is 0 Å². The van der Waals surface area contributed by atoms with Gasteiger partial charge < -0.3 is 15.2 Å². The van der Waals surface area contributed by atoms with Crippen LogP contribution in [0.15, 0.2) is 29.3 Å². The highest BCUT2D eigenvalue weighted by atomic mass is 16.1. The zero-order valence-electron chi connectivity index (χ0n) is 10.3. The molecule has 2 aromatic rings. The summed E-state index contributed by atoms with van der Waals surface area (Å²) in [5, 5.41) is 7.41. The molecule has 5 nitrogen and oxygen atoms in total. The first-order valence-corrected chi connectivity index (χ1v) is 6.17. The van der Waals surface area contributed by atoms with Crippen molar-refractivity contribution in [1.82, 2.24) is 14.9 Å². The molecule has 18 heavy (non-hydrogen) atoms. The maximum Gasteiger partial charge on any atom is 0.260 e. The van der Waals surface area contributed by atoms with Crippen molar-refractivity contribution < 1.29 is 0 Å². The van der Waals surface area contributed by atoms with Crippen molar-refractivity contribution in [3.8, 4) is 0 Å². The molecule has 2 heterocycles. The van der Waals surface area contributed by atoms with Gasteiger partial charge in [0, 0.05) is 25.3 Å². The van der Waals surface area contributed by atoms with Crippen molar-refractivity contribution in [3.05, 3.63) is 34.9 Å². The van der Waals surface area contributed by atoms with E-state index in [9.17, 15) is 4.79 Å². The normalized spacial score (nSPS) is 19.3. The molecule has 1 saturated heterocycles. The van der Waals surface area contributed by atoms with Gasteiger partial charge in [0.2, 0.25) is 0 Å². The number of nitrogens with one attached hydrogen (secondary N) is 2. The summed E-state index contributed by atoms with van der Waals surface area (Å²) < 4.78 is 1.50. The van der Waals surface area contributed by atoms with Crippen molar-refractivity contribution in [3.63, 3.8) is 0 Å². The number of rotatable bonds is 2.